The second kappa shape index (κ2) is 4.39. The summed E-state index contributed by atoms with van der Waals surface area (Å²) in [6, 6.07) is -0.157. The molecule has 0 saturated carbocycles. The number of carbonyl (C=O) groups excluding carboxylic acids is 1. The third-order valence-electron chi connectivity index (χ3n) is 3.21. The van der Waals surface area contributed by atoms with Gasteiger partial charge in [-0.1, -0.05) is 0 Å². The highest BCUT2D eigenvalue weighted by Crippen LogP contribution is 2.18. The molecule has 16 heavy (non-hydrogen) atoms. The van der Waals surface area contributed by atoms with E-state index in [0.29, 0.717) is 19.7 Å². The van der Waals surface area contributed by atoms with Crippen LogP contribution in [0.2, 0.25) is 0 Å². The van der Waals surface area contributed by atoms with Crippen LogP contribution in [-0.4, -0.2) is 72.2 Å². The predicted octanol–water partition coefficient (Wildman–Crippen LogP) is -0.997. The van der Waals surface area contributed by atoms with Crippen LogP contribution in [0.5, 0.6) is 0 Å². The number of carboxylic acids is 1. The van der Waals surface area contributed by atoms with Crippen LogP contribution in [0.15, 0.2) is 0 Å². The quantitative estimate of drug-likeness (QED) is 0.656. The van der Waals surface area contributed by atoms with E-state index in [-0.39, 0.29) is 11.9 Å². The van der Waals surface area contributed by atoms with Gasteiger partial charge in [0.05, 0.1) is 12.6 Å². The van der Waals surface area contributed by atoms with Crippen LogP contribution in [0, 0.1) is 0 Å². The zero-order valence-corrected chi connectivity index (χ0v) is 9.26. The summed E-state index contributed by atoms with van der Waals surface area (Å²) in [6.45, 7) is 2.07. The zero-order chi connectivity index (χ0) is 11.7. The van der Waals surface area contributed by atoms with Crippen molar-refractivity contribution in [3.8, 4) is 0 Å². The maximum Gasteiger partial charge on any atom is 0.334 e. The number of rotatable bonds is 2. The molecule has 6 heteroatoms. The summed E-state index contributed by atoms with van der Waals surface area (Å²) >= 11 is 0. The Hall–Kier alpha value is -1.14. The number of nitrogens with zero attached hydrogens (tertiary/aromatic N) is 2. The predicted molar refractivity (Wildman–Crippen MR) is 55.0 cm³/mol. The molecule has 0 aromatic heterocycles. The minimum atomic E-state index is -0.955. The van der Waals surface area contributed by atoms with Crippen molar-refractivity contribution in [2.75, 3.05) is 33.3 Å². The van der Waals surface area contributed by atoms with Gasteiger partial charge in [-0.2, -0.15) is 0 Å². The van der Waals surface area contributed by atoms with Crippen molar-refractivity contribution in [3.05, 3.63) is 0 Å². The van der Waals surface area contributed by atoms with Gasteiger partial charge in [0, 0.05) is 26.7 Å². The Kier molecular flexibility index (Phi) is 3.11. The van der Waals surface area contributed by atoms with Crippen molar-refractivity contribution < 1.29 is 19.4 Å². The maximum atomic E-state index is 11.8. The van der Waals surface area contributed by atoms with Crippen molar-refractivity contribution in [1.82, 2.24) is 9.80 Å². The fourth-order valence-electron chi connectivity index (χ4n) is 2.24. The summed E-state index contributed by atoms with van der Waals surface area (Å²) in [5, 5.41) is 8.87. The summed E-state index contributed by atoms with van der Waals surface area (Å²) < 4.78 is 5.13. The largest absolute Gasteiger partial charge is 0.479 e. The third-order valence-corrected chi connectivity index (χ3v) is 3.21. The molecule has 0 spiro atoms. The lowest BCUT2D eigenvalue weighted by Crippen LogP contribution is -2.52. The molecule has 0 aromatic carbocycles. The van der Waals surface area contributed by atoms with E-state index >= 15 is 0 Å². The first-order valence-corrected chi connectivity index (χ1v) is 5.43. The van der Waals surface area contributed by atoms with E-state index in [1.54, 1.807) is 11.9 Å². The first-order chi connectivity index (χ1) is 7.59. The summed E-state index contributed by atoms with van der Waals surface area (Å²) in [6.07, 6.45) is -0.0192. The highest BCUT2D eigenvalue weighted by molar-refractivity contribution is 5.83. The van der Waals surface area contributed by atoms with E-state index in [4.69, 9.17) is 9.84 Å². The van der Waals surface area contributed by atoms with Gasteiger partial charge < -0.3 is 14.7 Å². The van der Waals surface area contributed by atoms with Crippen molar-refractivity contribution >= 4 is 11.9 Å². The van der Waals surface area contributed by atoms with Gasteiger partial charge in [0.25, 0.3) is 0 Å². The molecule has 2 aliphatic rings. The first-order valence-electron chi connectivity index (χ1n) is 5.43. The summed E-state index contributed by atoms with van der Waals surface area (Å²) in [7, 11) is 1.78. The normalized spacial score (nSPS) is 32.1. The molecule has 2 heterocycles. The topological polar surface area (TPSA) is 70.1 Å². The van der Waals surface area contributed by atoms with Gasteiger partial charge in [-0.25, -0.2) is 4.79 Å². The van der Waals surface area contributed by atoms with Crippen LogP contribution < -0.4 is 0 Å². The van der Waals surface area contributed by atoms with Gasteiger partial charge in [0.2, 0.25) is 5.91 Å². The Bertz CT molecular complexity index is 307. The van der Waals surface area contributed by atoms with Gasteiger partial charge in [-0.15, -0.1) is 0 Å². The fraction of sp³-hybridized carbons (Fsp3) is 0.800. The van der Waals surface area contributed by atoms with Gasteiger partial charge in [-0.05, 0) is 6.42 Å². The molecule has 0 radical (unpaired) electrons. The smallest absolute Gasteiger partial charge is 0.334 e. The van der Waals surface area contributed by atoms with Crippen LogP contribution in [0.4, 0.5) is 0 Å². The lowest BCUT2D eigenvalue weighted by molar-refractivity contribution is -0.158. The number of aliphatic carboxylic acids is 1. The number of likely N-dealkylation sites (N-methyl/N-ethyl adjacent to an activating group) is 1. The number of likely N-dealkylation sites (tertiary alicyclic amines) is 1. The first kappa shape index (κ1) is 11.3. The molecular formula is C10H16N2O4. The number of carbonyl (C=O) groups is 2. The molecule has 0 aliphatic carbocycles. The van der Waals surface area contributed by atoms with E-state index in [2.05, 4.69) is 0 Å². The van der Waals surface area contributed by atoms with Gasteiger partial charge in [-0.3, -0.25) is 9.69 Å². The molecule has 1 N–H and O–H groups in total. The SMILES string of the molecule is CN1CCC(N2CCOC(C(=O)O)C2)C1=O. The van der Waals surface area contributed by atoms with E-state index in [1.807, 2.05) is 4.90 Å². The number of hydrogen-bond acceptors (Lipinski definition) is 4. The average Bonchev–Trinajstić information content (AvgIpc) is 2.60. The summed E-state index contributed by atoms with van der Waals surface area (Å²) in [5.74, 6) is -0.866. The molecule has 90 valence electrons. The Labute approximate surface area is 93.8 Å². The van der Waals surface area contributed by atoms with Crippen LogP contribution in [0.3, 0.4) is 0 Å². The number of hydrogen-bond donors (Lipinski definition) is 1. The molecule has 2 rings (SSSR count). The zero-order valence-electron chi connectivity index (χ0n) is 9.26. The van der Waals surface area contributed by atoms with Crippen molar-refractivity contribution in [2.24, 2.45) is 0 Å². The average molecular weight is 228 g/mol. The van der Waals surface area contributed by atoms with Gasteiger partial charge in [0.15, 0.2) is 6.10 Å². The Balaban J connectivity index is 1.99. The molecule has 6 nitrogen and oxygen atoms in total. The van der Waals surface area contributed by atoms with Gasteiger partial charge in [0.1, 0.15) is 0 Å². The molecule has 2 atom stereocenters. The van der Waals surface area contributed by atoms with Gasteiger partial charge >= 0.3 is 5.97 Å². The van der Waals surface area contributed by atoms with Crippen LogP contribution in [-0.2, 0) is 14.3 Å². The molecule has 2 saturated heterocycles. The number of ether oxygens (including phenoxy) is 1. The molecule has 0 bridgehead atoms. The highest BCUT2D eigenvalue weighted by Gasteiger charge is 2.37. The van der Waals surface area contributed by atoms with E-state index in [9.17, 15) is 9.59 Å². The second-order valence-corrected chi connectivity index (χ2v) is 4.26. The molecule has 2 unspecified atom stereocenters. The number of carboxylic acid groups (broad SMARTS) is 1. The lowest BCUT2D eigenvalue weighted by Gasteiger charge is -2.34. The molecule has 2 fully saturated rings. The van der Waals surface area contributed by atoms with Crippen molar-refractivity contribution in [3.63, 3.8) is 0 Å². The maximum absolute atomic E-state index is 11.8. The highest BCUT2D eigenvalue weighted by atomic mass is 16.5. The molecule has 1 amide bonds. The minimum absolute atomic E-state index is 0.0889. The van der Waals surface area contributed by atoms with E-state index < -0.39 is 12.1 Å². The fourth-order valence-corrected chi connectivity index (χ4v) is 2.24. The lowest BCUT2D eigenvalue weighted by atomic mass is 10.1. The van der Waals surface area contributed by atoms with Crippen LogP contribution >= 0.6 is 0 Å². The number of morpholine rings is 1. The molecular weight excluding hydrogens is 212 g/mol. The standard InChI is InChI=1S/C10H16N2O4/c1-11-3-2-7(9(11)13)12-4-5-16-8(6-12)10(14)15/h7-8H,2-6H2,1H3,(H,14,15). The second-order valence-electron chi connectivity index (χ2n) is 4.26. The van der Waals surface area contributed by atoms with Crippen LogP contribution in [0.25, 0.3) is 0 Å². The summed E-state index contributed by atoms with van der Waals surface area (Å²) in [5.41, 5.74) is 0. The third kappa shape index (κ3) is 2.03. The monoisotopic (exact) mass is 228 g/mol. The minimum Gasteiger partial charge on any atom is -0.479 e. The molecule has 0 aromatic rings. The van der Waals surface area contributed by atoms with Crippen LogP contribution in [0.1, 0.15) is 6.42 Å². The van der Waals surface area contributed by atoms with Crippen molar-refractivity contribution in [1.29, 1.82) is 0 Å². The van der Waals surface area contributed by atoms with Crippen molar-refractivity contribution in [2.45, 2.75) is 18.6 Å². The Morgan fingerprint density at radius 1 is 1.50 bits per heavy atom. The molecule has 2 aliphatic heterocycles. The number of amides is 1. The Morgan fingerprint density at radius 3 is 2.81 bits per heavy atom. The Morgan fingerprint density at radius 2 is 2.25 bits per heavy atom. The summed E-state index contributed by atoms with van der Waals surface area (Å²) in [4.78, 5) is 26.2. The van der Waals surface area contributed by atoms with E-state index in [1.165, 1.54) is 0 Å². The van der Waals surface area contributed by atoms with E-state index in [0.717, 1.165) is 13.0 Å².